The van der Waals surface area contributed by atoms with Gasteiger partial charge in [-0.25, -0.2) is 0 Å². The number of methoxy groups -OCH3 is 1. The van der Waals surface area contributed by atoms with Crippen molar-refractivity contribution < 1.29 is 9.53 Å². The van der Waals surface area contributed by atoms with Crippen LogP contribution < -0.4 is 15.4 Å². The second-order valence-corrected chi connectivity index (χ2v) is 5.18. The molecule has 1 amide bonds. The second kappa shape index (κ2) is 7.63. The van der Waals surface area contributed by atoms with Crippen LogP contribution in [0.4, 0.5) is 5.95 Å². The first-order chi connectivity index (χ1) is 11.0. The van der Waals surface area contributed by atoms with E-state index in [2.05, 4.69) is 26.0 Å². The van der Waals surface area contributed by atoms with E-state index in [0.717, 1.165) is 12.0 Å². The summed E-state index contributed by atoms with van der Waals surface area (Å²) >= 11 is 5.10. The molecule has 1 aromatic heterocycles. The Labute approximate surface area is 139 Å². The van der Waals surface area contributed by atoms with Gasteiger partial charge < -0.3 is 4.74 Å². The average Bonchev–Trinajstić information content (AvgIpc) is 2.94. The summed E-state index contributed by atoms with van der Waals surface area (Å²) in [4.78, 5) is 13.8. The van der Waals surface area contributed by atoms with Crippen LogP contribution in [0.15, 0.2) is 18.2 Å². The maximum absolute atomic E-state index is 12.3. The van der Waals surface area contributed by atoms with Crippen molar-refractivity contribution in [1.29, 1.82) is 0 Å². The van der Waals surface area contributed by atoms with Gasteiger partial charge in [-0.3, -0.25) is 15.4 Å². The molecular weight excluding hydrogens is 316 g/mol. The Morgan fingerprint density at radius 1 is 1.43 bits per heavy atom. The van der Waals surface area contributed by atoms with Gasteiger partial charge in [-0.15, -0.1) is 5.10 Å². The van der Waals surface area contributed by atoms with Gasteiger partial charge in [0.1, 0.15) is 5.75 Å². The van der Waals surface area contributed by atoms with E-state index in [1.807, 2.05) is 19.9 Å². The Bertz CT molecular complexity index is 715. The lowest BCUT2D eigenvalue weighted by atomic mass is 10.1. The normalized spacial score (nSPS) is 10.2. The van der Waals surface area contributed by atoms with Gasteiger partial charge in [0, 0.05) is 0 Å². The van der Waals surface area contributed by atoms with Gasteiger partial charge in [-0.1, -0.05) is 24.2 Å². The number of hydrogen-bond donors (Lipinski definition) is 2. The molecule has 2 aromatic rings. The van der Waals surface area contributed by atoms with E-state index < -0.39 is 0 Å². The summed E-state index contributed by atoms with van der Waals surface area (Å²) in [5, 5.41) is 17.1. The third kappa shape index (κ3) is 4.22. The number of para-hydroxylation sites is 1. The number of benzene rings is 1. The van der Waals surface area contributed by atoms with Crippen LogP contribution in [0.2, 0.25) is 0 Å². The summed E-state index contributed by atoms with van der Waals surface area (Å²) in [7, 11) is 1.52. The summed E-state index contributed by atoms with van der Waals surface area (Å²) < 4.78 is 5.26. The van der Waals surface area contributed by atoms with E-state index in [-0.39, 0.29) is 17.0 Å². The fourth-order valence-corrected chi connectivity index (χ4v) is 2.18. The first-order valence-electron chi connectivity index (χ1n) is 7.09. The Balaban J connectivity index is 2.02. The summed E-state index contributed by atoms with van der Waals surface area (Å²) in [6.45, 7) is 4.53. The minimum atomic E-state index is -0.371. The van der Waals surface area contributed by atoms with Crippen molar-refractivity contribution in [2.24, 2.45) is 0 Å². The zero-order chi connectivity index (χ0) is 16.8. The van der Waals surface area contributed by atoms with Crippen LogP contribution >= 0.6 is 12.2 Å². The Morgan fingerprint density at radius 3 is 2.91 bits per heavy atom. The molecular formula is C14H18N6O2S. The van der Waals surface area contributed by atoms with Crippen LogP contribution in [0.25, 0.3) is 0 Å². The molecule has 9 heteroatoms. The van der Waals surface area contributed by atoms with Crippen LogP contribution in [0.1, 0.15) is 29.3 Å². The van der Waals surface area contributed by atoms with Crippen molar-refractivity contribution >= 4 is 29.2 Å². The van der Waals surface area contributed by atoms with Gasteiger partial charge in [0.15, 0.2) is 5.11 Å². The van der Waals surface area contributed by atoms with Gasteiger partial charge in [-0.2, -0.15) is 4.80 Å². The van der Waals surface area contributed by atoms with Gasteiger partial charge in [0.25, 0.3) is 11.9 Å². The zero-order valence-corrected chi connectivity index (χ0v) is 14.0. The van der Waals surface area contributed by atoms with Gasteiger partial charge in [0.05, 0.1) is 19.2 Å². The van der Waals surface area contributed by atoms with E-state index in [1.54, 1.807) is 12.1 Å². The highest BCUT2D eigenvalue weighted by atomic mass is 32.1. The highest BCUT2D eigenvalue weighted by Crippen LogP contribution is 2.22. The number of rotatable bonds is 5. The fraction of sp³-hybridized carbons (Fsp3) is 0.357. The molecule has 0 saturated heterocycles. The van der Waals surface area contributed by atoms with Crippen molar-refractivity contribution in [2.45, 2.75) is 26.8 Å². The molecule has 23 heavy (non-hydrogen) atoms. The summed E-state index contributed by atoms with van der Waals surface area (Å²) in [5.74, 6) is 0.378. The first kappa shape index (κ1) is 16.8. The van der Waals surface area contributed by atoms with Crippen LogP contribution in [0, 0.1) is 6.92 Å². The summed E-state index contributed by atoms with van der Waals surface area (Å²) in [6, 6.07) is 5.31. The fourth-order valence-electron chi connectivity index (χ4n) is 1.99. The second-order valence-electron chi connectivity index (χ2n) is 4.77. The predicted octanol–water partition coefficient (Wildman–Crippen LogP) is 1.53. The third-order valence-corrected chi connectivity index (χ3v) is 3.19. The van der Waals surface area contributed by atoms with E-state index in [0.29, 0.717) is 17.9 Å². The number of hydrogen-bond acceptors (Lipinski definition) is 6. The molecule has 0 aliphatic rings. The highest BCUT2D eigenvalue weighted by molar-refractivity contribution is 7.80. The largest absolute Gasteiger partial charge is 0.496 e. The number of nitrogens with zero attached hydrogens (tertiary/aromatic N) is 4. The number of thiocarbonyl (C=S) groups is 1. The van der Waals surface area contributed by atoms with Gasteiger partial charge in [-0.05, 0) is 42.4 Å². The van der Waals surface area contributed by atoms with Crippen LogP contribution in [0.5, 0.6) is 5.75 Å². The van der Waals surface area contributed by atoms with Crippen molar-refractivity contribution in [1.82, 2.24) is 25.5 Å². The molecule has 0 unspecified atom stereocenters. The molecule has 122 valence electrons. The third-order valence-electron chi connectivity index (χ3n) is 2.99. The quantitative estimate of drug-likeness (QED) is 0.801. The van der Waals surface area contributed by atoms with E-state index in [4.69, 9.17) is 17.0 Å². The van der Waals surface area contributed by atoms with Crippen molar-refractivity contribution in [2.75, 3.05) is 12.4 Å². The molecule has 2 rings (SSSR count). The number of carbonyl (C=O) groups excluding carboxylic acids is 1. The maximum atomic E-state index is 12.3. The number of amides is 1. The molecule has 1 heterocycles. The van der Waals surface area contributed by atoms with Crippen LogP contribution in [-0.4, -0.2) is 38.3 Å². The molecule has 0 aliphatic heterocycles. The Hall–Kier alpha value is -2.55. The SMILES string of the molecule is CCCn1nnc(NC(=S)NC(=O)c2cccc(C)c2OC)n1. The molecule has 1 aromatic carbocycles. The number of nitrogens with one attached hydrogen (secondary N) is 2. The van der Waals surface area contributed by atoms with Crippen LogP contribution in [-0.2, 0) is 6.54 Å². The molecule has 0 spiro atoms. The summed E-state index contributed by atoms with van der Waals surface area (Å²) in [6.07, 6.45) is 0.893. The number of ether oxygens (including phenoxy) is 1. The summed E-state index contributed by atoms with van der Waals surface area (Å²) in [5.41, 5.74) is 1.27. The lowest BCUT2D eigenvalue weighted by Gasteiger charge is -2.11. The van der Waals surface area contributed by atoms with Gasteiger partial charge >= 0.3 is 0 Å². The van der Waals surface area contributed by atoms with Crippen molar-refractivity contribution in [3.05, 3.63) is 29.3 Å². The van der Waals surface area contributed by atoms with Crippen molar-refractivity contribution in [3.63, 3.8) is 0 Å². The minimum absolute atomic E-state index is 0.0922. The molecule has 0 radical (unpaired) electrons. The number of aryl methyl sites for hydroxylation is 2. The lowest BCUT2D eigenvalue weighted by molar-refractivity contribution is 0.0974. The smallest absolute Gasteiger partial charge is 0.269 e. The van der Waals surface area contributed by atoms with E-state index in [9.17, 15) is 4.79 Å². The molecule has 2 N–H and O–H groups in total. The topological polar surface area (TPSA) is 94.0 Å². The van der Waals surface area contributed by atoms with Crippen molar-refractivity contribution in [3.8, 4) is 5.75 Å². The molecule has 0 bridgehead atoms. The first-order valence-corrected chi connectivity index (χ1v) is 7.49. The predicted molar refractivity (Wildman–Crippen MR) is 89.5 cm³/mol. The maximum Gasteiger partial charge on any atom is 0.269 e. The molecule has 0 fully saturated rings. The number of aromatic nitrogens is 4. The molecule has 8 nitrogen and oxygen atoms in total. The van der Waals surface area contributed by atoms with E-state index >= 15 is 0 Å². The zero-order valence-electron chi connectivity index (χ0n) is 13.2. The van der Waals surface area contributed by atoms with Crippen LogP contribution in [0.3, 0.4) is 0 Å². The van der Waals surface area contributed by atoms with E-state index in [1.165, 1.54) is 11.9 Å². The molecule has 0 atom stereocenters. The average molecular weight is 334 g/mol. The number of anilines is 1. The molecule has 0 aliphatic carbocycles. The molecule has 0 saturated carbocycles. The standard InChI is InChI=1S/C14H18N6O2S/c1-4-8-20-18-13(17-19-20)16-14(23)15-12(21)10-7-5-6-9(2)11(10)22-3/h5-7H,4,8H2,1-3H3,(H2,15,16,18,21,23). The minimum Gasteiger partial charge on any atom is -0.496 e. The highest BCUT2D eigenvalue weighted by Gasteiger charge is 2.15. The monoisotopic (exact) mass is 334 g/mol. The number of tetrazole rings is 1. The Morgan fingerprint density at radius 2 is 2.22 bits per heavy atom. The number of carbonyl (C=O) groups is 1. The van der Waals surface area contributed by atoms with Gasteiger partial charge in [0.2, 0.25) is 0 Å². The Kier molecular flexibility index (Phi) is 5.58. The lowest BCUT2D eigenvalue weighted by Crippen LogP contribution is -2.34.